The Bertz CT molecular complexity index is 765. The van der Waals surface area contributed by atoms with E-state index in [1.165, 1.54) is 14.7 Å². The van der Waals surface area contributed by atoms with Gasteiger partial charge < -0.3 is 10.1 Å². The molecule has 0 saturated carbocycles. The number of halogens is 1. The van der Waals surface area contributed by atoms with Gasteiger partial charge in [0.1, 0.15) is 5.82 Å². The maximum absolute atomic E-state index is 13.8. The summed E-state index contributed by atoms with van der Waals surface area (Å²) in [7, 11) is -3.61. The minimum absolute atomic E-state index is 0.0829. The van der Waals surface area contributed by atoms with E-state index in [9.17, 15) is 17.6 Å². The molecule has 7 nitrogen and oxygen atoms in total. The maximum Gasteiger partial charge on any atom is 0.282 e. The lowest BCUT2D eigenvalue weighted by atomic mass is 10.1. The fourth-order valence-electron chi connectivity index (χ4n) is 3.32. The molecule has 1 N–H and O–H groups in total. The molecule has 1 atom stereocenters. The highest BCUT2D eigenvalue weighted by atomic mass is 32.2. The number of nitrogens with zero attached hydrogens (tertiary/aromatic N) is 2. The highest BCUT2D eigenvalue weighted by Crippen LogP contribution is 2.23. The summed E-state index contributed by atoms with van der Waals surface area (Å²) in [4.78, 5) is 12.4. The van der Waals surface area contributed by atoms with E-state index >= 15 is 0 Å². The zero-order valence-corrected chi connectivity index (χ0v) is 15.6. The molecule has 0 bridgehead atoms. The molecule has 2 fully saturated rings. The molecule has 0 aliphatic carbocycles. The topological polar surface area (TPSA) is 79.0 Å². The Hall–Kier alpha value is -1.55. The first-order chi connectivity index (χ1) is 12.4. The fraction of sp³-hybridized carbons (Fsp3) is 0.588. The monoisotopic (exact) mass is 385 g/mol. The average Bonchev–Trinajstić information content (AvgIpc) is 3.14. The second-order valence-electron chi connectivity index (χ2n) is 6.69. The van der Waals surface area contributed by atoms with Crippen LogP contribution >= 0.6 is 0 Å². The van der Waals surface area contributed by atoms with Gasteiger partial charge in [0, 0.05) is 26.1 Å². The zero-order chi connectivity index (χ0) is 18.7. The predicted octanol–water partition coefficient (Wildman–Crippen LogP) is 1.50. The molecule has 9 heteroatoms. The van der Waals surface area contributed by atoms with Gasteiger partial charge in [-0.3, -0.25) is 4.79 Å². The van der Waals surface area contributed by atoms with Crippen LogP contribution in [0.5, 0.6) is 0 Å². The molecule has 0 aromatic heterocycles. The summed E-state index contributed by atoms with van der Waals surface area (Å²) >= 11 is 0. The van der Waals surface area contributed by atoms with Crippen molar-refractivity contribution in [2.24, 2.45) is 0 Å². The molecular weight excluding hydrogens is 361 g/mol. The smallest absolute Gasteiger partial charge is 0.282 e. The molecule has 2 heterocycles. The van der Waals surface area contributed by atoms with Crippen molar-refractivity contribution in [1.29, 1.82) is 0 Å². The van der Waals surface area contributed by atoms with E-state index in [2.05, 4.69) is 5.32 Å². The number of hydrogen-bond donors (Lipinski definition) is 1. The minimum Gasteiger partial charge on any atom is -0.378 e. The lowest BCUT2D eigenvalue weighted by Crippen LogP contribution is -2.54. The Morgan fingerprint density at radius 1 is 1.31 bits per heavy atom. The fourth-order valence-corrected chi connectivity index (χ4v) is 5.16. The number of anilines is 1. The molecule has 1 unspecified atom stereocenters. The largest absolute Gasteiger partial charge is 0.378 e. The number of carbonyl (C=O) groups is 1. The third kappa shape index (κ3) is 4.22. The number of benzene rings is 1. The van der Waals surface area contributed by atoms with Gasteiger partial charge in [0.15, 0.2) is 0 Å². The van der Waals surface area contributed by atoms with Crippen LogP contribution in [0.25, 0.3) is 0 Å². The molecule has 2 saturated heterocycles. The molecule has 1 aromatic rings. The van der Waals surface area contributed by atoms with Gasteiger partial charge >= 0.3 is 0 Å². The predicted molar refractivity (Wildman–Crippen MR) is 95.4 cm³/mol. The van der Waals surface area contributed by atoms with Gasteiger partial charge in [0.25, 0.3) is 10.2 Å². The van der Waals surface area contributed by atoms with Crippen LogP contribution in [0.4, 0.5) is 10.1 Å². The second kappa shape index (κ2) is 7.99. The van der Waals surface area contributed by atoms with Gasteiger partial charge in [-0.1, -0.05) is 6.07 Å². The van der Waals surface area contributed by atoms with Crippen molar-refractivity contribution < 1.29 is 22.3 Å². The number of morpholine rings is 1. The van der Waals surface area contributed by atoms with Gasteiger partial charge in [-0.25, -0.2) is 4.39 Å². The molecule has 144 valence electrons. The standard InChI is InChI=1S/C17H24FN3O4S/c1-13-4-5-15(18)16(10-13)19-17(22)11-14-12-25-9-8-21(14)26(23,24)20-6-2-3-7-20/h4-5,10,14H,2-3,6-9,11-12H2,1H3,(H,19,22). The van der Waals surface area contributed by atoms with Gasteiger partial charge in [0.05, 0.1) is 24.9 Å². The first-order valence-corrected chi connectivity index (χ1v) is 10.2. The number of aryl methyl sites for hydroxylation is 1. The van der Waals surface area contributed by atoms with Gasteiger partial charge in [-0.15, -0.1) is 0 Å². The number of hydrogen-bond acceptors (Lipinski definition) is 4. The molecular formula is C17H24FN3O4S. The highest BCUT2D eigenvalue weighted by molar-refractivity contribution is 7.86. The van der Waals surface area contributed by atoms with Crippen molar-refractivity contribution in [3.8, 4) is 0 Å². The van der Waals surface area contributed by atoms with Crippen LogP contribution in [0.2, 0.25) is 0 Å². The third-order valence-electron chi connectivity index (χ3n) is 4.68. The van der Waals surface area contributed by atoms with Crippen molar-refractivity contribution >= 4 is 21.8 Å². The van der Waals surface area contributed by atoms with Gasteiger partial charge in [-0.05, 0) is 37.5 Å². The van der Waals surface area contributed by atoms with E-state index in [-0.39, 0.29) is 25.3 Å². The van der Waals surface area contributed by atoms with Crippen molar-refractivity contribution in [2.75, 3.05) is 38.2 Å². The average molecular weight is 385 g/mol. The third-order valence-corrected chi connectivity index (χ3v) is 6.77. The Balaban J connectivity index is 1.70. The molecule has 2 aliphatic heterocycles. The van der Waals surface area contributed by atoms with E-state index in [4.69, 9.17) is 4.74 Å². The Kier molecular flexibility index (Phi) is 5.91. The summed E-state index contributed by atoms with van der Waals surface area (Å²) in [6.45, 7) is 3.48. The molecule has 26 heavy (non-hydrogen) atoms. The molecule has 1 amide bonds. The summed E-state index contributed by atoms with van der Waals surface area (Å²) in [6, 6.07) is 3.86. The molecule has 2 aliphatic rings. The number of amides is 1. The van der Waals surface area contributed by atoms with Crippen LogP contribution < -0.4 is 5.32 Å². The van der Waals surface area contributed by atoms with Crippen molar-refractivity contribution in [3.63, 3.8) is 0 Å². The lowest BCUT2D eigenvalue weighted by Gasteiger charge is -2.36. The van der Waals surface area contributed by atoms with Crippen LogP contribution in [-0.4, -0.2) is 61.8 Å². The number of nitrogens with one attached hydrogen (secondary N) is 1. The summed E-state index contributed by atoms with van der Waals surface area (Å²) in [5.74, 6) is -0.961. The Labute approximate surface area is 153 Å². The summed E-state index contributed by atoms with van der Waals surface area (Å²) in [5, 5.41) is 2.54. The van der Waals surface area contributed by atoms with Crippen LogP contribution in [0.1, 0.15) is 24.8 Å². The quantitative estimate of drug-likeness (QED) is 0.833. The second-order valence-corrected chi connectivity index (χ2v) is 8.57. The highest BCUT2D eigenvalue weighted by Gasteiger charge is 2.38. The van der Waals surface area contributed by atoms with Gasteiger partial charge in [-0.2, -0.15) is 17.0 Å². The Morgan fingerprint density at radius 3 is 2.77 bits per heavy atom. The van der Waals surface area contributed by atoms with Crippen LogP contribution in [0.15, 0.2) is 18.2 Å². The van der Waals surface area contributed by atoms with Crippen LogP contribution in [0.3, 0.4) is 0 Å². The Morgan fingerprint density at radius 2 is 2.04 bits per heavy atom. The number of rotatable bonds is 5. The molecule has 0 radical (unpaired) electrons. The van der Waals surface area contributed by atoms with Crippen molar-refractivity contribution in [3.05, 3.63) is 29.6 Å². The first-order valence-electron chi connectivity index (χ1n) is 8.78. The summed E-state index contributed by atoms with van der Waals surface area (Å²) in [5.41, 5.74) is 0.918. The summed E-state index contributed by atoms with van der Waals surface area (Å²) in [6.07, 6.45) is 1.61. The minimum atomic E-state index is -3.61. The maximum atomic E-state index is 13.8. The van der Waals surface area contributed by atoms with Crippen molar-refractivity contribution in [2.45, 2.75) is 32.2 Å². The van der Waals surface area contributed by atoms with E-state index in [1.54, 1.807) is 19.1 Å². The van der Waals surface area contributed by atoms with Crippen LogP contribution in [0, 0.1) is 12.7 Å². The normalized spacial score (nSPS) is 22.5. The van der Waals surface area contributed by atoms with Gasteiger partial charge in [0.2, 0.25) is 5.91 Å². The molecule has 3 rings (SSSR count). The van der Waals surface area contributed by atoms with E-state index in [0.717, 1.165) is 18.4 Å². The SMILES string of the molecule is Cc1ccc(F)c(NC(=O)CC2COCCN2S(=O)(=O)N2CCCC2)c1. The molecule has 0 spiro atoms. The van der Waals surface area contributed by atoms with E-state index in [0.29, 0.717) is 19.7 Å². The number of carbonyl (C=O) groups excluding carboxylic acids is 1. The summed E-state index contributed by atoms with van der Waals surface area (Å²) < 4.78 is 47.7. The molecule has 1 aromatic carbocycles. The van der Waals surface area contributed by atoms with Crippen molar-refractivity contribution in [1.82, 2.24) is 8.61 Å². The lowest BCUT2D eigenvalue weighted by molar-refractivity contribution is -0.118. The number of ether oxygens (including phenoxy) is 1. The van der Waals surface area contributed by atoms with E-state index in [1.807, 2.05) is 0 Å². The van der Waals surface area contributed by atoms with E-state index < -0.39 is 28.0 Å². The first kappa shape index (κ1) is 19.2. The zero-order valence-electron chi connectivity index (χ0n) is 14.8. The van der Waals surface area contributed by atoms with Crippen LogP contribution in [-0.2, 0) is 19.7 Å².